The Labute approximate surface area is 108 Å². The number of amides is 2. The number of hydrogen-bond acceptors (Lipinski definition) is 4. The van der Waals surface area contributed by atoms with E-state index in [0.717, 1.165) is 19.3 Å². The molecule has 0 saturated heterocycles. The van der Waals surface area contributed by atoms with Crippen molar-refractivity contribution in [3.05, 3.63) is 0 Å². The molecule has 106 valence electrons. The topological polar surface area (TPSA) is 95.7 Å². The number of nitrogens with two attached hydrogens (primary N) is 1. The Morgan fingerprint density at radius 3 is 2.56 bits per heavy atom. The van der Waals surface area contributed by atoms with Crippen molar-refractivity contribution >= 4 is 12.3 Å². The van der Waals surface area contributed by atoms with Crippen LogP contribution in [0.15, 0.2) is 0 Å². The second-order valence-corrected chi connectivity index (χ2v) is 4.31. The minimum Gasteiger partial charge on any atom is -0.343 e. The van der Waals surface area contributed by atoms with Crippen LogP contribution in [0.2, 0.25) is 0 Å². The van der Waals surface area contributed by atoms with Gasteiger partial charge in [-0.25, -0.2) is 5.06 Å². The van der Waals surface area contributed by atoms with Gasteiger partial charge in [0.05, 0.1) is 18.6 Å². The molecule has 6 nitrogen and oxygen atoms in total. The first-order chi connectivity index (χ1) is 8.62. The number of carbonyl (C=O) groups excluding carboxylic acids is 2. The van der Waals surface area contributed by atoms with Crippen LogP contribution >= 0.6 is 0 Å². The summed E-state index contributed by atoms with van der Waals surface area (Å²) in [6, 6.07) is -0.495. The number of unbranched alkanes of at least 4 members (excludes halogenated alkanes) is 2. The quantitative estimate of drug-likeness (QED) is 0.178. The Morgan fingerprint density at radius 2 is 2.11 bits per heavy atom. The maximum atomic E-state index is 11.9. The van der Waals surface area contributed by atoms with Crippen LogP contribution in [0.1, 0.15) is 46.0 Å². The van der Waals surface area contributed by atoms with Gasteiger partial charge in [-0.2, -0.15) is 0 Å². The summed E-state index contributed by atoms with van der Waals surface area (Å²) in [7, 11) is 0. The molecule has 0 saturated carbocycles. The van der Waals surface area contributed by atoms with Crippen molar-refractivity contribution in [2.45, 2.75) is 52.0 Å². The molecule has 2 amide bonds. The molecule has 6 heteroatoms. The zero-order valence-electron chi connectivity index (χ0n) is 11.3. The van der Waals surface area contributed by atoms with E-state index in [1.165, 1.54) is 0 Å². The fraction of sp³-hybridized carbons (Fsp3) is 0.833. The maximum Gasteiger partial charge on any atom is 0.233 e. The lowest BCUT2D eigenvalue weighted by molar-refractivity contribution is -0.168. The number of nitrogens with one attached hydrogen (secondary N) is 1. The second-order valence-electron chi connectivity index (χ2n) is 4.31. The highest BCUT2D eigenvalue weighted by atomic mass is 16.5. The van der Waals surface area contributed by atoms with E-state index in [1.807, 2.05) is 6.92 Å². The van der Waals surface area contributed by atoms with E-state index in [2.05, 4.69) is 12.2 Å². The third kappa shape index (κ3) is 5.46. The van der Waals surface area contributed by atoms with Gasteiger partial charge in [0.25, 0.3) is 0 Å². The standard InChI is InChI=1S/C12H25N3O3/c1-3-5-6-7-10(12(17)14-8-13)11(4-2)15(18)9-16/h9-11,18H,3-8,13H2,1-2H3,(H,14,17)/t10-,11-/m1/s1. The summed E-state index contributed by atoms with van der Waals surface area (Å²) in [6.07, 6.45) is 4.47. The van der Waals surface area contributed by atoms with Crippen molar-refractivity contribution in [2.75, 3.05) is 6.67 Å². The number of hydrogen-bond donors (Lipinski definition) is 3. The summed E-state index contributed by atoms with van der Waals surface area (Å²) in [5, 5.41) is 12.7. The molecule has 0 aliphatic heterocycles. The van der Waals surface area contributed by atoms with Crippen molar-refractivity contribution in [1.29, 1.82) is 0 Å². The lowest BCUT2D eigenvalue weighted by atomic mass is 9.90. The zero-order valence-corrected chi connectivity index (χ0v) is 11.3. The molecular formula is C12H25N3O3. The second kappa shape index (κ2) is 9.85. The molecule has 0 aliphatic rings. The zero-order chi connectivity index (χ0) is 14.0. The predicted octanol–water partition coefficient (Wildman–Crippen LogP) is 0.841. The molecule has 0 fully saturated rings. The van der Waals surface area contributed by atoms with Gasteiger partial charge < -0.3 is 11.1 Å². The van der Waals surface area contributed by atoms with Crippen LogP contribution in [-0.2, 0) is 9.59 Å². The lowest BCUT2D eigenvalue weighted by Gasteiger charge is -2.29. The van der Waals surface area contributed by atoms with Gasteiger partial charge in [0.15, 0.2) is 0 Å². The van der Waals surface area contributed by atoms with Crippen LogP contribution in [-0.4, -0.2) is 35.3 Å². The van der Waals surface area contributed by atoms with Crippen LogP contribution in [0, 0.1) is 5.92 Å². The molecule has 2 atom stereocenters. The van der Waals surface area contributed by atoms with Gasteiger partial charge in [-0.05, 0) is 12.8 Å². The maximum absolute atomic E-state index is 11.9. The fourth-order valence-corrected chi connectivity index (χ4v) is 2.08. The number of carbonyl (C=O) groups is 2. The third-order valence-corrected chi connectivity index (χ3v) is 3.06. The van der Waals surface area contributed by atoms with E-state index in [-0.39, 0.29) is 12.6 Å². The molecule has 0 aromatic carbocycles. The minimum atomic E-state index is -0.495. The molecular weight excluding hydrogens is 234 g/mol. The molecule has 0 aromatic heterocycles. The summed E-state index contributed by atoms with van der Waals surface area (Å²) in [4.78, 5) is 22.6. The van der Waals surface area contributed by atoms with E-state index < -0.39 is 12.0 Å². The Hall–Kier alpha value is -1.14. The van der Waals surface area contributed by atoms with Crippen molar-refractivity contribution in [2.24, 2.45) is 11.7 Å². The SMILES string of the molecule is CCCCC[C@@H](C(=O)NCN)[C@@H](CC)N(O)C=O. The summed E-state index contributed by atoms with van der Waals surface area (Å²) >= 11 is 0. The van der Waals surface area contributed by atoms with Crippen molar-refractivity contribution in [3.8, 4) is 0 Å². The molecule has 0 bridgehead atoms. The van der Waals surface area contributed by atoms with Gasteiger partial charge in [-0.15, -0.1) is 0 Å². The van der Waals surface area contributed by atoms with E-state index in [4.69, 9.17) is 5.73 Å². The van der Waals surface area contributed by atoms with Crippen molar-refractivity contribution < 1.29 is 14.8 Å². The number of rotatable bonds is 10. The molecule has 0 aliphatic carbocycles. The average Bonchev–Trinajstić information content (AvgIpc) is 2.37. The first-order valence-electron chi connectivity index (χ1n) is 6.52. The first-order valence-corrected chi connectivity index (χ1v) is 6.52. The Bertz CT molecular complexity index is 249. The normalized spacial score (nSPS) is 13.8. The van der Waals surface area contributed by atoms with Crippen molar-refractivity contribution in [3.63, 3.8) is 0 Å². The van der Waals surface area contributed by atoms with Gasteiger partial charge in [0, 0.05) is 0 Å². The van der Waals surface area contributed by atoms with Crippen molar-refractivity contribution in [1.82, 2.24) is 10.4 Å². The van der Waals surface area contributed by atoms with Crippen LogP contribution < -0.4 is 11.1 Å². The van der Waals surface area contributed by atoms with Gasteiger partial charge >= 0.3 is 0 Å². The number of hydroxylamine groups is 2. The summed E-state index contributed by atoms with van der Waals surface area (Å²) < 4.78 is 0. The minimum absolute atomic E-state index is 0.0616. The highest BCUT2D eigenvalue weighted by Gasteiger charge is 2.30. The monoisotopic (exact) mass is 259 g/mol. The molecule has 0 radical (unpaired) electrons. The smallest absolute Gasteiger partial charge is 0.233 e. The van der Waals surface area contributed by atoms with Gasteiger partial charge in [-0.3, -0.25) is 14.8 Å². The van der Waals surface area contributed by atoms with Gasteiger partial charge in [0.2, 0.25) is 12.3 Å². The fourth-order valence-electron chi connectivity index (χ4n) is 2.08. The largest absolute Gasteiger partial charge is 0.343 e. The molecule has 18 heavy (non-hydrogen) atoms. The number of nitrogens with zero attached hydrogens (tertiary/aromatic N) is 1. The summed E-state index contributed by atoms with van der Waals surface area (Å²) in [5.74, 6) is -0.623. The molecule has 4 N–H and O–H groups in total. The lowest BCUT2D eigenvalue weighted by Crippen LogP contribution is -2.46. The highest BCUT2D eigenvalue weighted by Crippen LogP contribution is 2.20. The Morgan fingerprint density at radius 1 is 1.44 bits per heavy atom. The predicted molar refractivity (Wildman–Crippen MR) is 68.6 cm³/mol. The van der Waals surface area contributed by atoms with Crippen LogP contribution in [0.3, 0.4) is 0 Å². The molecule has 0 spiro atoms. The van der Waals surface area contributed by atoms with Crippen LogP contribution in [0.4, 0.5) is 0 Å². The molecule has 0 unspecified atom stereocenters. The molecule has 0 rings (SSSR count). The Kier molecular flexibility index (Phi) is 9.22. The van der Waals surface area contributed by atoms with E-state index in [1.54, 1.807) is 0 Å². The average molecular weight is 259 g/mol. The van der Waals surface area contributed by atoms with Crippen LogP contribution in [0.5, 0.6) is 0 Å². The van der Waals surface area contributed by atoms with E-state index >= 15 is 0 Å². The molecule has 0 aromatic rings. The highest BCUT2D eigenvalue weighted by molar-refractivity contribution is 5.79. The van der Waals surface area contributed by atoms with Gasteiger partial charge in [0.1, 0.15) is 0 Å². The van der Waals surface area contributed by atoms with Gasteiger partial charge in [-0.1, -0.05) is 33.1 Å². The molecule has 0 heterocycles. The third-order valence-electron chi connectivity index (χ3n) is 3.06. The Balaban J connectivity index is 4.68. The first kappa shape index (κ1) is 16.9. The van der Waals surface area contributed by atoms with E-state index in [9.17, 15) is 14.8 Å². The van der Waals surface area contributed by atoms with E-state index in [0.29, 0.717) is 24.3 Å². The summed E-state index contributed by atoms with van der Waals surface area (Å²) in [5.41, 5.74) is 5.29. The summed E-state index contributed by atoms with van der Waals surface area (Å²) in [6.45, 7) is 3.97. The van der Waals surface area contributed by atoms with Crippen LogP contribution in [0.25, 0.3) is 0 Å².